The Balaban J connectivity index is 1.46. The van der Waals surface area contributed by atoms with E-state index < -0.39 is 0 Å². The third kappa shape index (κ3) is 3.65. The van der Waals surface area contributed by atoms with E-state index in [1.807, 2.05) is 4.90 Å². The summed E-state index contributed by atoms with van der Waals surface area (Å²) in [6, 6.07) is 6.50. The Morgan fingerprint density at radius 1 is 1.18 bits per heavy atom. The van der Waals surface area contributed by atoms with E-state index >= 15 is 0 Å². The molecule has 1 amide bonds. The van der Waals surface area contributed by atoms with Crippen LogP contribution in [0.5, 0.6) is 0 Å². The minimum Gasteiger partial charge on any atom is -0.342 e. The first-order valence-electron chi connectivity index (χ1n) is 7.24. The molecule has 1 aromatic heterocycles. The molecule has 22 heavy (non-hydrogen) atoms. The van der Waals surface area contributed by atoms with Crippen LogP contribution >= 0.6 is 11.8 Å². The van der Waals surface area contributed by atoms with Crippen molar-refractivity contribution in [1.82, 2.24) is 19.9 Å². The van der Waals surface area contributed by atoms with Crippen LogP contribution in [0.1, 0.15) is 18.9 Å². The number of amides is 1. The molecule has 1 aromatic carbocycles. The van der Waals surface area contributed by atoms with Gasteiger partial charge in [-0.25, -0.2) is 4.39 Å². The van der Waals surface area contributed by atoms with Crippen molar-refractivity contribution in [2.45, 2.75) is 23.8 Å². The molecule has 0 unspecified atom stereocenters. The summed E-state index contributed by atoms with van der Waals surface area (Å²) in [4.78, 5) is 16.7. The van der Waals surface area contributed by atoms with E-state index in [1.165, 1.54) is 23.9 Å². The number of thioether (sulfide) groups is 1. The minimum absolute atomic E-state index is 0.126. The number of likely N-dealkylation sites (tertiary alicyclic amines) is 1. The lowest BCUT2D eigenvalue weighted by atomic mass is 10.1. The second kappa shape index (κ2) is 6.91. The summed E-state index contributed by atoms with van der Waals surface area (Å²) >= 11 is 1.44. The quantitative estimate of drug-likeness (QED) is 0.812. The molecule has 3 rings (SSSR count). The number of aromatic nitrogens is 3. The first-order chi connectivity index (χ1) is 10.7. The van der Waals surface area contributed by atoms with Crippen LogP contribution < -0.4 is 0 Å². The highest BCUT2D eigenvalue weighted by Gasteiger charge is 2.24. The van der Waals surface area contributed by atoms with Gasteiger partial charge in [-0.1, -0.05) is 0 Å². The second-order valence-electron chi connectivity index (χ2n) is 5.20. The zero-order valence-electron chi connectivity index (χ0n) is 12.1. The molecule has 0 atom stereocenters. The summed E-state index contributed by atoms with van der Waals surface area (Å²) in [5, 5.41) is 8.32. The molecule has 0 aliphatic carbocycles. The minimum atomic E-state index is -0.259. The van der Waals surface area contributed by atoms with Gasteiger partial charge >= 0.3 is 0 Å². The lowest BCUT2D eigenvalue weighted by Crippen LogP contribution is -2.40. The molecule has 2 heterocycles. The molecule has 1 aliphatic rings. The maximum Gasteiger partial charge on any atom is 0.232 e. The second-order valence-corrected chi connectivity index (χ2v) is 6.25. The van der Waals surface area contributed by atoms with Crippen LogP contribution in [0.2, 0.25) is 0 Å². The molecular weight excluding hydrogens is 303 g/mol. The van der Waals surface area contributed by atoms with Crippen molar-refractivity contribution in [3.05, 3.63) is 42.5 Å². The fraction of sp³-hybridized carbons (Fsp3) is 0.400. The molecule has 0 spiro atoms. The van der Waals surface area contributed by atoms with E-state index in [1.54, 1.807) is 29.3 Å². The Kier molecular flexibility index (Phi) is 4.72. The predicted molar refractivity (Wildman–Crippen MR) is 82.0 cm³/mol. The number of hydrogen-bond donors (Lipinski definition) is 0. The van der Waals surface area contributed by atoms with Crippen molar-refractivity contribution >= 4 is 17.7 Å². The number of nitrogens with zero attached hydrogens (tertiary/aromatic N) is 4. The average Bonchev–Trinajstić information content (AvgIpc) is 3.09. The first-order valence-corrected chi connectivity index (χ1v) is 8.23. The molecule has 0 saturated carbocycles. The van der Waals surface area contributed by atoms with Gasteiger partial charge in [-0.2, -0.15) is 15.0 Å². The van der Waals surface area contributed by atoms with Crippen molar-refractivity contribution in [1.29, 1.82) is 0 Å². The molecule has 5 nitrogen and oxygen atoms in total. The van der Waals surface area contributed by atoms with E-state index in [-0.39, 0.29) is 17.8 Å². The van der Waals surface area contributed by atoms with Crippen molar-refractivity contribution in [2.24, 2.45) is 0 Å². The third-order valence-corrected chi connectivity index (χ3v) is 4.75. The van der Waals surface area contributed by atoms with Crippen molar-refractivity contribution in [3.63, 3.8) is 0 Å². The van der Waals surface area contributed by atoms with Gasteiger partial charge in [0.1, 0.15) is 5.82 Å². The van der Waals surface area contributed by atoms with Crippen LogP contribution in [0.3, 0.4) is 0 Å². The monoisotopic (exact) mass is 320 g/mol. The Morgan fingerprint density at radius 2 is 1.82 bits per heavy atom. The van der Waals surface area contributed by atoms with Gasteiger partial charge in [0.2, 0.25) is 5.91 Å². The first kappa shape index (κ1) is 15.0. The highest BCUT2D eigenvalue weighted by atomic mass is 32.2. The molecule has 1 fully saturated rings. The summed E-state index contributed by atoms with van der Waals surface area (Å²) in [7, 11) is 0. The van der Waals surface area contributed by atoms with E-state index in [9.17, 15) is 9.18 Å². The number of carbonyl (C=O) groups is 1. The van der Waals surface area contributed by atoms with Crippen LogP contribution in [0.15, 0.2) is 41.6 Å². The smallest absolute Gasteiger partial charge is 0.232 e. The predicted octanol–water partition coefficient (Wildman–Crippen LogP) is 2.37. The van der Waals surface area contributed by atoms with Gasteiger partial charge in [-0.05, 0) is 37.1 Å². The molecule has 0 radical (unpaired) electrons. The van der Waals surface area contributed by atoms with Gasteiger partial charge < -0.3 is 4.90 Å². The lowest BCUT2D eigenvalue weighted by Gasteiger charge is -2.31. The van der Waals surface area contributed by atoms with Crippen LogP contribution in [-0.2, 0) is 4.79 Å². The highest BCUT2D eigenvalue weighted by molar-refractivity contribution is 8.00. The summed E-state index contributed by atoms with van der Waals surface area (Å²) in [6.07, 6.45) is 5.11. The van der Waals surface area contributed by atoms with Gasteiger partial charge in [0, 0.05) is 18.0 Å². The van der Waals surface area contributed by atoms with Crippen LogP contribution in [-0.4, -0.2) is 44.6 Å². The Hall–Kier alpha value is -1.89. The molecule has 116 valence electrons. The number of piperidine rings is 1. The van der Waals surface area contributed by atoms with Gasteiger partial charge in [0.25, 0.3) is 0 Å². The number of rotatable bonds is 4. The molecule has 0 bridgehead atoms. The number of carbonyl (C=O) groups excluding carboxylic acids is 1. The topological polar surface area (TPSA) is 51.0 Å². The van der Waals surface area contributed by atoms with Gasteiger partial charge in [0.05, 0.1) is 24.2 Å². The van der Waals surface area contributed by atoms with E-state index in [4.69, 9.17) is 0 Å². The molecule has 7 heteroatoms. The summed E-state index contributed by atoms with van der Waals surface area (Å²) in [6.45, 7) is 1.46. The van der Waals surface area contributed by atoms with Crippen LogP contribution in [0.25, 0.3) is 0 Å². The highest BCUT2D eigenvalue weighted by Crippen LogP contribution is 2.23. The van der Waals surface area contributed by atoms with Gasteiger partial charge in [-0.15, -0.1) is 11.8 Å². The number of halogens is 1. The summed E-state index contributed by atoms with van der Waals surface area (Å²) in [5.74, 6) is 0.252. The maximum atomic E-state index is 12.8. The fourth-order valence-electron chi connectivity index (χ4n) is 2.53. The Morgan fingerprint density at radius 3 is 2.45 bits per heavy atom. The van der Waals surface area contributed by atoms with Gasteiger partial charge in [-0.3, -0.25) is 4.79 Å². The Bertz CT molecular complexity index is 609. The standard InChI is InChI=1S/C15H17FN4OS/c16-12-1-3-14(4-2-12)22-11-15(21)19-9-5-13(6-10-19)20-17-7-8-18-20/h1-4,7-8,13H,5-6,9-11H2. The number of hydrogen-bond acceptors (Lipinski definition) is 4. The maximum absolute atomic E-state index is 12.8. The third-order valence-electron chi connectivity index (χ3n) is 3.76. The van der Waals surface area contributed by atoms with E-state index in [0.29, 0.717) is 5.75 Å². The average molecular weight is 320 g/mol. The van der Waals surface area contributed by atoms with Crippen molar-refractivity contribution < 1.29 is 9.18 Å². The van der Waals surface area contributed by atoms with Gasteiger partial charge in [0.15, 0.2) is 0 Å². The zero-order valence-corrected chi connectivity index (χ0v) is 12.9. The largest absolute Gasteiger partial charge is 0.342 e. The summed E-state index contributed by atoms with van der Waals surface area (Å²) < 4.78 is 12.8. The van der Waals surface area contributed by atoms with Crippen molar-refractivity contribution in [2.75, 3.05) is 18.8 Å². The normalized spacial score (nSPS) is 16.0. The lowest BCUT2D eigenvalue weighted by molar-refractivity contribution is -0.129. The Labute approximate surface area is 132 Å². The molecule has 2 aromatic rings. The zero-order chi connectivity index (χ0) is 15.4. The SMILES string of the molecule is O=C(CSc1ccc(F)cc1)N1CCC(n2nccn2)CC1. The molecule has 1 aliphatic heterocycles. The fourth-order valence-corrected chi connectivity index (χ4v) is 3.33. The number of benzene rings is 1. The van der Waals surface area contributed by atoms with E-state index in [0.717, 1.165) is 30.8 Å². The van der Waals surface area contributed by atoms with E-state index in [2.05, 4.69) is 10.2 Å². The van der Waals surface area contributed by atoms with Crippen molar-refractivity contribution in [3.8, 4) is 0 Å². The van der Waals surface area contributed by atoms with Crippen LogP contribution in [0.4, 0.5) is 4.39 Å². The molecular formula is C15H17FN4OS. The molecule has 0 N–H and O–H groups in total. The van der Waals surface area contributed by atoms with Crippen LogP contribution in [0, 0.1) is 5.82 Å². The summed E-state index contributed by atoms with van der Waals surface area (Å²) in [5.41, 5.74) is 0. The molecule has 1 saturated heterocycles.